The smallest absolute Gasteiger partial charge is 0.339 e. The van der Waals surface area contributed by atoms with Gasteiger partial charge in [-0.2, -0.15) is 0 Å². The number of hydrogen-bond donors (Lipinski definition) is 2. The van der Waals surface area contributed by atoms with Crippen molar-refractivity contribution >= 4 is 11.9 Å². The van der Waals surface area contributed by atoms with E-state index in [-0.39, 0.29) is 5.92 Å². The van der Waals surface area contributed by atoms with Gasteiger partial charge in [-0.25, -0.2) is 13.6 Å². The van der Waals surface area contributed by atoms with E-state index in [1.54, 1.807) is 13.8 Å². The van der Waals surface area contributed by atoms with Crippen LogP contribution in [-0.2, 0) is 14.3 Å². The van der Waals surface area contributed by atoms with Crippen LogP contribution in [-0.4, -0.2) is 40.7 Å². The van der Waals surface area contributed by atoms with Gasteiger partial charge in [-0.1, -0.05) is 13.8 Å². The van der Waals surface area contributed by atoms with Crippen molar-refractivity contribution in [3.63, 3.8) is 0 Å². The van der Waals surface area contributed by atoms with Crippen molar-refractivity contribution in [1.82, 2.24) is 5.32 Å². The van der Waals surface area contributed by atoms with E-state index >= 15 is 0 Å². The Labute approximate surface area is 102 Å². The lowest BCUT2D eigenvalue weighted by atomic mass is 9.66. The molecule has 2 aliphatic heterocycles. The van der Waals surface area contributed by atoms with Gasteiger partial charge in [0.05, 0.1) is 6.10 Å². The summed E-state index contributed by atoms with van der Waals surface area (Å²) in [6, 6.07) is 0. The van der Waals surface area contributed by atoms with Crippen molar-refractivity contribution in [3.8, 4) is 0 Å². The lowest BCUT2D eigenvalue weighted by Gasteiger charge is -2.53. The Kier molecular flexibility index (Phi) is 2.66. The van der Waals surface area contributed by atoms with Crippen molar-refractivity contribution < 1.29 is 28.2 Å². The van der Waals surface area contributed by atoms with E-state index < -0.39 is 41.5 Å². The average Bonchev–Trinajstić information content (AvgIpc) is 2.41. The Balaban J connectivity index is 2.47. The van der Waals surface area contributed by atoms with Crippen LogP contribution in [0.5, 0.6) is 0 Å². The average molecular weight is 263 g/mol. The highest BCUT2D eigenvalue weighted by Gasteiger charge is 2.81. The third-order valence-corrected chi connectivity index (χ3v) is 3.93. The van der Waals surface area contributed by atoms with E-state index in [0.717, 1.165) is 0 Å². The molecule has 7 heteroatoms. The fraction of sp³-hybridized carbons (Fsp3) is 0.818. The molecule has 1 unspecified atom stereocenters. The topological polar surface area (TPSA) is 75.6 Å². The number of fused-ring (bicyclic) bond motifs is 1. The number of rotatable bonds is 3. The highest BCUT2D eigenvalue weighted by Crippen LogP contribution is 2.53. The number of aliphatic hydroxyl groups is 1. The number of aliphatic hydroxyl groups excluding tert-OH is 1. The van der Waals surface area contributed by atoms with Crippen LogP contribution in [0.2, 0.25) is 0 Å². The first-order chi connectivity index (χ1) is 8.18. The first-order valence-corrected chi connectivity index (χ1v) is 5.70. The van der Waals surface area contributed by atoms with Crippen molar-refractivity contribution in [3.05, 3.63) is 0 Å². The van der Waals surface area contributed by atoms with Gasteiger partial charge in [0, 0.05) is 0 Å². The van der Waals surface area contributed by atoms with E-state index in [1.807, 2.05) is 0 Å². The number of amides is 1. The molecule has 2 fully saturated rings. The van der Waals surface area contributed by atoms with Crippen LogP contribution in [0.4, 0.5) is 8.78 Å². The molecule has 0 aromatic heterocycles. The highest BCUT2D eigenvalue weighted by atomic mass is 19.3. The number of nitrogens with one attached hydrogen (secondary N) is 1. The van der Waals surface area contributed by atoms with Crippen LogP contribution >= 0.6 is 0 Å². The molecule has 0 aliphatic carbocycles. The minimum absolute atomic E-state index is 0.381. The normalized spacial score (nSPS) is 40.3. The van der Waals surface area contributed by atoms with Gasteiger partial charge in [-0.15, -0.1) is 0 Å². The van der Waals surface area contributed by atoms with Crippen LogP contribution in [0.3, 0.4) is 0 Å². The molecule has 0 radical (unpaired) electrons. The molecule has 102 valence electrons. The first-order valence-electron chi connectivity index (χ1n) is 5.70. The van der Waals surface area contributed by atoms with Crippen molar-refractivity contribution in [2.75, 3.05) is 0 Å². The predicted molar refractivity (Wildman–Crippen MR) is 55.7 cm³/mol. The van der Waals surface area contributed by atoms with Crippen LogP contribution < -0.4 is 5.32 Å². The molecule has 5 nitrogen and oxygen atoms in total. The fourth-order valence-electron chi connectivity index (χ4n) is 2.86. The Morgan fingerprint density at radius 1 is 1.39 bits per heavy atom. The zero-order chi connectivity index (χ0) is 13.9. The minimum Gasteiger partial charge on any atom is -0.453 e. The molecule has 0 aromatic rings. The van der Waals surface area contributed by atoms with E-state index in [1.165, 1.54) is 6.92 Å². The molecule has 2 N–H and O–H groups in total. The maximum atomic E-state index is 12.9. The predicted octanol–water partition coefficient (Wildman–Crippen LogP) is 0.0687. The number of hydrogen-bond acceptors (Lipinski definition) is 4. The summed E-state index contributed by atoms with van der Waals surface area (Å²) in [6.07, 6.45) is -4.22. The Bertz CT molecular complexity index is 414. The second-order valence-corrected chi connectivity index (χ2v) is 5.29. The molecule has 2 saturated heterocycles. The van der Waals surface area contributed by atoms with Crippen LogP contribution in [0.25, 0.3) is 0 Å². The quantitative estimate of drug-likeness (QED) is 0.706. The number of carbonyl (C=O) groups excluding carboxylic acids is 2. The lowest BCUT2D eigenvalue weighted by Crippen LogP contribution is -2.80. The summed E-state index contributed by atoms with van der Waals surface area (Å²) >= 11 is 0. The van der Waals surface area contributed by atoms with E-state index in [9.17, 15) is 23.5 Å². The number of carbonyl (C=O) groups is 2. The van der Waals surface area contributed by atoms with Gasteiger partial charge in [0.15, 0.2) is 5.60 Å². The summed E-state index contributed by atoms with van der Waals surface area (Å²) in [4.78, 5) is 23.3. The van der Waals surface area contributed by atoms with Gasteiger partial charge < -0.3 is 15.2 Å². The summed E-state index contributed by atoms with van der Waals surface area (Å²) in [5, 5.41) is 12.3. The van der Waals surface area contributed by atoms with E-state index in [4.69, 9.17) is 4.74 Å². The summed E-state index contributed by atoms with van der Waals surface area (Å²) in [5.41, 5.74) is -3.45. The van der Waals surface area contributed by atoms with E-state index in [0.29, 0.717) is 0 Å². The van der Waals surface area contributed by atoms with Crippen LogP contribution in [0.15, 0.2) is 0 Å². The fourth-order valence-corrected chi connectivity index (χ4v) is 2.86. The Hall–Kier alpha value is -1.24. The molecule has 4 atom stereocenters. The molecule has 2 heterocycles. The summed E-state index contributed by atoms with van der Waals surface area (Å²) in [7, 11) is 0. The van der Waals surface area contributed by atoms with Crippen molar-refractivity contribution in [2.24, 2.45) is 11.8 Å². The number of halogens is 2. The Morgan fingerprint density at radius 2 is 1.94 bits per heavy atom. The lowest BCUT2D eigenvalue weighted by molar-refractivity contribution is -0.244. The molecule has 18 heavy (non-hydrogen) atoms. The van der Waals surface area contributed by atoms with Gasteiger partial charge >= 0.3 is 5.97 Å². The molecule has 1 amide bonds. The van der Waals surface area contributed by atoms with Gasteiger partial charge in [0.25, 0.3) is 6.43 Å². The third kappa shape index (κ3) is 1.23. The molecular formula is C11H15F2NO4. The summed E-state index contributed by atoms with van der Waals surface area (Å²) in [5.74, 6) is -3.95. The van der Waals surface area contributed by atoms with Crippen molar-refractivity contribution in [1.29, 1.82) is 0 Å². The van der Waals surface area contributed by atoms with Gasteiger partial charge in [0.1, 0.15) is 5.92 Å². The van der Waals surface area contributed by atoms with Crippen LogP contribution in [0.1, 0.15) is 20.8 Å². The number of alkyl halides is 2. The second-order valence-electron chi connectivity index (χ2n) is 5.29. The number of esters is 1. The molecule has 2 aliphatic rings. The number of ether oxygens (including phenoxy) is 1. The minimum atomic E-state index is -2.95. The molecule has 0 spiro atoms. The summed E-state index contributed by atoms with van der Waals surface area (Å²) < 4.78 is 30.6. The maximum Gasteiger partial charge on any atom is 0.339 e. The largest absolute Gasteiger partial charge is 0.453 e. The molecular weight excluding hydrogens is 248 g/mol. The monoisotopic (exact) mass is 263 g/mol. The standard InChI is InChI=1S/C11H15F2NO4/c1-4(2)6(15)11-9(17)18-10(11,3)5(7(12)13)8(16)14-11/h4-7,15H,1-3H3,(H,14,16)/t5?,6-,10-,11-/m0/s1. The molecule has 2 rings (SSSR count). The molecule has 0 aromatic carbocycles. The SMILES string of the molecule is CC(C)[C@H](O)[C@@]12NC(=O)C(C(F)F)[C@]1(C)OC2=O. The zero-order valence-corrected chi connectivity index (χ0v) is 10.2. The third-order valence-electron chi connectivity index (χ3n) is 3.93. The highest BCUT2D eigenvalue weighted by molar-refractivity contribution is 6.02. The van der Waals surface area contributed by atoms with E-state index in [2.05, 4.69) is 5.32 Å². The first kappa shape index (κ1) is 13.2. The van der Waals surface area contributed by atoms with Gasteiger partial charge in [-0.3, -0.25) is 4.79 Å². The van der Waals surface area contributed by atoms with Crippen molar-refractivity contribution in [2.45, 2.75) is 44.4 Å². The summed E-state index contributed by atoms with van der Waals surface area (Å²) in [6.45, 7) is 4.52. The Morgan fingerprint density at radius 3 is 2.33 bits per heavy atom. The maximum absolute atomic E-state index is 12.9. The molecule has 0 saturated carbocycles. The van der Waals surface area contributed by atoms with Gasteiger partial charge in [-0.05, 0) is 12.8 Å². The van der Waals surface area contributed by atoms with Crippen LogP contribution in [0, 0.1) is 11.8 Å². The van der Waals surface area contributed by atoms with Gasteiger partial charge in [0.2, 0.25) is 11.4 Å². The zero-order valence-electron chi connectivity index (χ0n) is 10.2. The molecule has 0 bridgehead atoms. The second kappa shape index (κ2) is 3.63.